The molecule has 2 atom stereocenters. The molecule has 0 aliphatic carbocycles. The van der Waals surface area contributed by atoms with Crippen molar-refractivity contribution in [3.8, 4) is 11.8 Å². The number of nitrogens with one attached hydrogen (secondary N) is 1. The molecule has 1 aromatic rings. The van der Waals surface area contributed by atoms with Crippen molar-refractivity contribution in [2.45, 2.75) is 26.8 Å². The summed E-state index contributed by atoms with van der Waals surface area (Å²) in [4.78, 5) is 0. The number of benzene rings is 1. The molecular weight excluding hydrogens is 212 g/mol. The Kier molecular flexibility index (Phi) is 4.99. The van der Waals surface area contributed by atoms with Crippen LogP contribution in [0.1, 0.15) is 31.0 Å². The molecule has 3 nitrogen and oxygen atoms in total. The molecule has 1 N–H and O–H groups in total. The van der Waals surface area contributed by atoms with Gasteiger partial charge >= 0.3 is 0 Å². The lowest BCUT2D eigenvalue weighted by Gasteiger charge is -2.18. The Bertz CT molecular complexity index is 409. The Balaban J connectivity index is 2.77. The van der Waals surface area contributed by atoms with Crippen LogP contribution in [0.2, 0.25) is 0 Å². The highest BCUT2D eigenvalue weighted by Gasteiger charge is 2.12. The third-order valence-electron chi connectivity index (χ3n) is 2.80. The van der Waals surface area contributed by atoms with E-state index in [1.807, 2.05) is 19.1 Å². The van der Waals surface area contributed by atoms with Crippen LogP contribution in [0.25, 0.3) is 0 Å². The molecule has 0 fully saturated rings. The van der Waals surface area contributed by atoms with Gasteiger partial charge in [-0.1, -0.05) is 17.7 Å². The topological polar surface area (TPSA) is 45.0 Å². The van der Waals surface area contributed by atoms with Crippen LogP contribution in [0.3, 0.4) is 0 Å². The molecule has 0 aromatic heterocycles. The second kappa shape index (κ2) is 6.27. The van der Waals surface area contributed by atoms with E-state index in [-0.39, 0.29) is 12.0 Å². The SMILES string of the molecule is COc1ccc(C)cc1C(C)NCC(C)C#N. The Hall–Kier alpha value is -1.53. The van der Waals surface area contributed by atoms with E-state index in [0.29, 0.717) is 6.54 Å². The van der Waals surface area contributed by atoms with E-state index in [1.54, 1.807) is 7.11 Å². The van der Waals surface area contributed by atoms with Crippen LogP contribution >= 0.6 is 0 Å². The van der Waals surface area contributed by atoms with Gasteiger partial charge in [0.15, 0.2) is 0 Å². The molecule has 1 rings (SSSR count). The molecule has 0 aliphatic heterocycles. The van der Waals surface area contributed by atoms with Crippen LogP contribution in [0, 0.1) is 24.2 Å². The molecule has 0 saturated carbocycles. The zero-order chi connectivity index (χ0) is 12.8. The third kappa shape index (κ3) is 3.76. The van der Waals surface area contributed by atoms with Gasteiger partial charge in [0, 0.05) is 18.2 Å². The molecule has 0 spiro atoms. The average molecular weight is 232 g/mol. The second-order valence-electron chi connectivity index (χ2n) is 4.41. The van der Waals surface area contributed by atoms with Gasteiger partial charge < -0.3 is 10.1 Å². The number of nitrogens with zero attached hydrogens (tertiary/aromatic N) is 1. The van der Waals surface area contributed by atoms with Crippen LogP contribution in [0.5, 0.6) is 5.75 Å². The zero-order valence-corrected chi connectivity index (χ0v) is 10.9. The first-order valence-electron chi connectivity index (χ1n) is 5.86. The predicted molar refractivity (Wildman–Crippen MR) is 68.9 cm³/mol. The lowest BCUT2D eigenvalue weighted by Crippen LogP contribution is -2.24. The van der Waals surface area contributed by atoms with Crippen molar-refractivity contribution in [2.24, 2.45) is 5.92 Å². The van der Waals surface area contributed by atoms with Crippen LogP contribution in [-0.2, 0) is 0 Å². The zero-order valence-electron chi connectivity index (χ0n) is 10.9. The number of nitriles is 1. The van der Waals surface area contributed by atoms with Crippen LogP contribution in [0.4, 0.5) is 0 Å². The molecule has 17 heavy (non-hydrogen) atoms. The van der Waals surface area contributed by atoms with Crippen molar-refractivity contribution in [1.29, 1.82) is 5.26 Å². The first-order chi connectivity index (χ1) is 8.08. The van der Waals surface area contributed by atoms with E-state index < -0.39 is 0 Å². The predicted octanol–water partition coefficient (Wildman–Crippen LogP) is 2.81. The van der Waals surface area contributed by atoms with Crippen molar-refractivity contribution in [2.75, 3.05) is 13.7 Å². The quantitative estimate of drug-likeness (QED) is 0.849. The second-order valence-corrected chi connectivity index (χ2v) is 4.41. The van der Waals surface area contributed by atoms with Gasteiger partial charge in [0.2, 0.25) is 0 Å². The molecule has 0 amide bonds. The maximum atomic E-state index is 8.75. The van der Waals surface area contributed by atoms with Crippen molar-refractivity contribution in [3.63, 3.8) is 0 Å². The summed E-state index contributed by atoms with van der Waals surface area (Å²) in [5.41, 5.74) is 2.35. The van der Waals surface area contributed by atoms with Crippen LogP contribution in [-0.4, -0.2) is 13.7 Å². The van der Waals surface area contributed by atoms with E-state index in [4.69, 9.17) is 10.00 Å². The van der Waals surface area contributed by atoms with Crippen LogP contribution < -0.4 is 10.1 Å². The highest BCUT2D eigenvalue weighted by Crippen LogP contribution is 2.25. The fourth-order valence-electron chi connectivity index (χ4n) is 1.70. The Morgan fingerprint density at radius 1 is 1.41 bits per heavy atom. The van der Waals surface area contributed by atoms with Gasteiger partial charge in [0.1, 0.15) is 5.75 Å². The Morgan fingerprint density at radius 2 is 2.12 bits per heavy atom. The van der Waals surface area contributed by atoms with Crippen molar-refractivity contribution < 1.29 is 4.74 Å². The first-order valence-corrected chi connectivity index (χ1v) is 5.86. The fourth-order valence-corrected chi connectivity index (χ4v) is 1.70. The van der Waals surface area contributed by atoms with Gasteiger partial charge in [0.05, 0.1) is 19.1 Å². The molecule has 2 unspecified atom stereocenters. The maximum Gasteiger partial charge on any atom is 0.123 e. The molecule has 0 radical (unpaired) electrons. The van der Waals surface area contributed by atoms with E-state index in [9.17, 15) is 0 Å². The molecule has 0 bridgehead atoms. The Labute approximate surface area is 103 Å². The van der Waals surface area contributed by atoms with Gasteiger partial charge in [-0.25, -0.2) is 0 Å². The minimum atomic E-state index is 0.0215. The van der Waals surface area contributed by atoms with E-state index in [1.165, 1.54) is 5.56 Å². The largest absolute Gasteiger partial charge is 0.496 e. The molecule has 0 aliphatic rings. The summed E-state index contributed by atoms with van der Waals surface area (Å²) in [6, 6.07) is 8.54. The average Bonchev–Trinajstić information content (AvgIpc) is 2.35. The van der Waals surface area contributed by atoms with Gasteiger partial charge in [-0.05, 0) is 26.8 Å². The van der Waals surface area contributed by atoms with E-state index in [2.05, 4.69) is 31.3 Å². The van der Waals surface area contributed by atoms with E-state index >= 15 is 0 Å². The van der Waals surface area contributed by atoms with Crippen molar-refractivity contribution in [1.82, 2.24) is 5.32 Å². The van der Waals surface area contributed by atoms with Gasteiger partial charge in [0.25, 0.3) is 0 Å². The Morgan fingerprint density at radius 3 is 2.71 bits per heavy atom. The summed E-state index contributed by atoms with van der Waals surface area (Å²) < 4.78 is 5.35. The summed E-state index contributed by atoms with van der Waals surface area (Å²) in [7, 11) is 1.68. The molecule has 0 heterocycles. The minimum Gasteiger partial charge on any atom is -0.496 e. The molecular formula is C14H20N2O. The lowest BCUT2D eigenvalue weighted by molar-refractivity contribution is 0.400. The fraction of sp³-hybridized carbons (Fsp3) is 0.500. The van der Waals surface area contributed by atoms with Gasteiger partial charge in [-0.15, -0.1) is 0 Å². The molecule has 0 saturated heterocycles. The first kappa shape index (κ1) is 13.5. The number of hydrogen-bond acceptors (Lipinski definition) is 3. The summed E-state index contributed by atoms with van der Waals surface area (Å²) in [6.45, 7) is 6.75. The van der Waals surface area contributed by atoms with Gasteiger partial charge in [-0.2, -0.15) is 5.26 Å². The summed E-state index contributed by atoms with van der Waals surface area (Å²) in [5.74, 6) is 0.911. The number of rotatable bonds is 5. The van der Waals surface area contributed by atoms with E-state index in [0.717, 1.165) is 11.3 Å². The highest BCUT2D eigenvalue weighted by molar-refractivity contribution is 5.38. The summed E-state index contributed by atoms with van der Waals surface area (Å²) >= 11 is 0. The molecule has 92 valence electrons. The minimum absolute atomic E-state index is 0.0215. The number of methoxy groups -OCH3 is 1. The van der Waals surface area contributed by atoms with Gasteiger partial charge in [-0.3, -0.25) is 0 Å². The summed E-state index contributed by atoms with van der Waals surface area (Å²) in [5, 5.41) is 12.1. The monoisotopic (exact) mass is 232 g/mol. The smallest absolute Gasteiger partial charge is 0.123 e. The normalized spacial score (nSPS) is 13.8. The van der Waals surface area contributed by atoms with Crippen molar-refractivity contribution in [3.05, 3.63) is 29.3 Å². The third-order valence-corrected chi connectivity index (χ3v) is 2.80. The maximum absolute atomic E-state index is 8.75. The van der Waals surface area contributed by atoms with Crippen LogP contribution in [0.15, 0.2) is 18.2 Å². The number of ether oxygens (including phenoxy) is 1. The molecule has 3 heteroatoms. The standard InChI is InChI=1S/C14H20N2O/c1-10-5-6-14(17-4)13(7-10)12(3)16-9-11(2)8-15/h5-7,11-12,16H,9H2,1-4H3. The number of hydrogen-bond donors (Lipinski definition) is 1. The van der Waals surface area contributed by atoms with Crippen molar-refractivity contribution >= 4 is 0 Å². The molecule has 1 aromatic carbocycles. The number of aryl methyl sites for hydroxylation is 1. The highest BCUT2D eigenvalue weighted by atomic mass is 16.5. The lowest BCUT2D eigenvalue weighted by atomic mass is 10.0. The summed E-state index contributed by atoms with van der Waals surface area (Å²) in [6.07, 6.45) is 0.